The van der Waals surface area contributed by atoms with E-state index in [1.165, 1.54) is 6.39 Å². The Morgan fingerprint density at radius 2 is 1.73 bits per heavy atom. The number of nitrogens with zero attached hydrogens (tertiary/aromatic N) is 1. The molecule has 0 atom stereocenters. The molecular formula is C16H22BNO4. The molecule has 118 valence electrons. The predicted molar refractivity (Wildman–Crippen MR) is 85.7 cm³/mol. The molecule has 1 aromatic heterocycles. The molecule has 0 saturated heterocycles. The number of aromatic nitrogens is 1. The van der Waals surface area contributed by atoms with Crippen molar-refractivity contribution < 1.29 is 19.2 Å². The number of aliphatic hydroxyl groups is 1. The summed E-state index contributed by atoms with van der Waals surface area (Å²) >= 11 is 0. The molecule has 0 saturated carbocycles. The summed E-state index contributed by atoms with van der Waals surface area (Å²) in [6.45, 7) is 8.65. The van der Waals surface area contributed by atoms with Crippen LogP contribution < -0.4 is 5.46 Å². The van der Waals surface area contributed by atoms with Gasteiger partial charge in [-0.15, -0.1) is 0 Å². The molecular weight excluding hydrogens is 281 g/mol. The molecule has 0 amide bonds. The van der Waals surface area contributed by atoms with Crippen LogP contribution in [-0.4, -0.2) is 33.4 Å². The van der Waals surface area contributed by atoms with Gasteiger partial charge in [-0.1, -0.05) is 24.3 Å². The first-order chi connectivity index (χ1) is 10.1. The third-order valence-corrected chi connectivity index (χ3v) is 4.08. The van der Waals surface area contributed by atoms with E-state index in [1.54, 1.807) is 39.8 Å². The van der Waals surface area contributed by atoms with Crippen molar-refractivity contribution in [3.63, 3.8) is 0 Å². The van der Waals surface area contributed by atoms with E-state index in [1.807, 2.05) is 19.1 Å². The van der Waals surface area contributed by atoms with Crippen LogP contribution in [0.4, 0.5) is 0 Å². The van der Waals surface area contributed by atoms with Crippen molar-refractivity contribution >= 4 is 12.6 Å². The molecule has 0 unspecified atom stereocenters. The molecule has 2 N–H and O–H groups in total. The topological polar surface area (TPSA) is 75.7 Å². The van der Waals surface area contributed by atoms with Crippen LogP contribution >= 0.6 is 0 Å². The van der Waals surface area contributed by atoms with Gasteiger partial charge in [0.25, 0.3) is 0 Å². The molecule has 0 aliphatic rings. The molecule has 0 radical (unpaired) electrons. The van der Waals surface area contributed by atoms with E-state index in [0.717, 1.165) is 11.3 Å². The first-order valence-electron chi connectivity index (χ1n) is 7.20. The van der Waals surface area contributed by atoms with E-state index < -0.39 is 18.3 Å². The van der Waals surface area contributed by atoms with Gasteiger partial charge < -0.3 is 19.2 Å². The molecule has 2 aromatic rings. The number of oxazole rings is 1. The molecule has 6 heteroatoms. The summed E-state index contributed by atoms with van der Waals surface area (Å²) in [6, 6.07) is 7.21. The molecule has 0 bridgehead atoms. The van der Waals surface area contributed by atoms with E-state index in [0.29, 0.717) is 11.2 Å². The highest BCUT2D eigenvalue weighted by molar-refractivity contribution is 6.60. The number of hydrogen-bond acceptors (Lipinski definition) is 5. The second-order valence-corrected chi connectivity index (χ2v) is 6.43. The molecule has 0 aliphatic heterocycles. The van der Waals surface area contributed by atoms with Crippen LogP contribution in [0.5, 0.6) is 0 Å². The maximum Gasteiger partial charge on any atom is 0.491 e. The van der Waals surface area contributed by atoms with Crippen molar-refractivity contribution in [3.05, 3.63) is 36.4 Å². The first-order valence-corrected chi connectivity index (χ1v) is 7.20. The Morgan fingerprint density at radius 3 is 2.18 bits per heavy atom. The minimum atomic E-state index is -1.12. The maximum absolute atomic E-state index is 10.2. The summed E-state index contributed by atoms with van der Waals surface area (Å²) in [5.74, 6) is 0.707. The minimum absolute atomic E-state index is 0.609. The fourth-order valence-electron chi connectivity index (χ4n) is 1.87. The lowest BCUT2D eigenvalue weighted by Gasteiger charge is -2.38. The summed E-state index contributed by atoms with van der Waals surface area (Å²) in [5.41, 5.74) is 0.330. The lowest BCUT2D eigenvalue weighted by atomic mass is 9.76. The van der Waals surface area contributed by atoms with Crippen molar-refractivity contribution in [1.29, 1.82) is 0 Å². The summed E-state index contributed by atoms with van der Waals surface area (Å²) in [6.07, 6.45) is 1.41. The van der Waals surface area contributed by atoms with Crippen LogP contribution in [-0.2, 0) is 4.65 Å². The fourth-order valence-corrected chi connectivity index (χ4v) is 1.87. The fraction of sp³-hybridized carbons (Fsp3) is 0.438. The van der Waals surface area contributed by atoms with E-state index in [9.17, 15) is 10.1 Å². The van der Waals surface area contributed by atoms with Gasteiger partial charge in [0.15, 0.2) is 12.2 Å². The van der Waals surface area contributed by atoms with Crippen molar-refractivity contribution in [2.45, 2.75) is 45.8 Å². The SMILES string of the molecule is Cc1ncoc1-c1ccc(B(O)OC(C)(C)C(C)(C)O)cc1. The van der Waals surface area contributed by atoms with Gasteiger partial charge in [0.2, 0.25) is 0 Å². The van der Waals surface area contributed by atoms with Crippen LogP contribution in [0.2, 0.25) is 0 Å². The van der Waals surface area contributed by atoms with Crippen molar-refractivity contribution in [3.8, 4) is 11.3 Å². The number of hydrogen-bond donors (Lipinski definition) is 2. The number of rotatable bonds is 5. The van der Waals surface area contributed by atoms with Crippen LogP contribution in [0.1, 0.15) is 33.4 Å². The zero-order valence-electron chi connectivity index (χ0n) is 13.6. The molecule has 1 heterocycles. The molecule has 0 fully saturated rings. The molecule has 0 aliphatic carbocycles. The van der Waals surface area contributed by atoms with Gasteiger partial charge in [0, 0.05) is 5.56 Å². The van der Waals surface area contributed by atoms with E-state index in [4.69, 9.17) is 9.07 Å². The minimum Gasteiger partial charge on any atom is -0.443 e. The Kier molecular flexibility index (Phi) is 4.47. The lowest BCUT2D eigenvalue weighted by molar-refractivity contribution is -0.0982. The van der Waals surface area contributed by atoms with Crippen LogP contribution in [0, 0.1) is 6.92 Å². The molecule has 5 nitrogen and oxygen atoms in total. The number of benzene rings is 1. The van der Waals surface area contributed by atoms with Crippen molar-refractivity contribution in [2.75, 3.05) is 0 Å². The van der Waals surface area contributed by atoms with E-state index >= 15 is 0 Å². The van der Waals surface area contributed by atoms with Gasteiger partial charge in [0.1, 0.15) is 0 Å². The highest BCUT2D eigenvalue weighted by atomic mass is 16.5. The number of aryl methyl sites for hydroxylation is 1. The van der Waals surface area contributed by atoms with Crippen molar-refractivity contribution in [2.24, 2.45) is 0 Å². The lowest BCUT2D eigenvalue weighted by Crippen LogP contribution is -2.53. The Balaban J connectivity index is 2.15. The second-order valence-electron chi connectivity index (χ2n) is 6.43. The smallest absolute Gasteiger partial charge is 0.443 e. The highest BCUT2D eigenvalue weighted by Gasteiger charge is 2.39. The quantitative estimate of drug-likeness (QED) is 0.825. The van der Waals surface area contributed by atoms with Gasteiger partial charge in [-0.25, -0.2) is 4.98 Å². The zero-order chi connectivity index (χ0) is 16.5. The zero-order valence-corrected chi connectivity index (χ0v) is 13.6. The standard InChI is InChI=1S/C16H22BNO4/c1-11-14(21-10-18-11)12-6-8-13(9-7-12)17(20)22-16(4,5)15(2,3)19/h6-10,19-20H,1-5H3. The Bertz CT molecular complexity index is 628. The highest BCUT2D eigenvalue weighted by Crippen LogP contribution is 2.26. The van der Waals surface area contributed by atoms with Crippen molar-refractivity contribution in [1.82, 2.24) is 4.98 Å². The summed E-state index contributed by atoms with van der Waals surface area (Å²) in [4.78, 5) is 4.06. The molecule has 22 heavy (non-hydrogen) atoms. The van der Waals surface area contributed by atoms with Crippen LogP contribution in [0.15, 0.2) is 35.1 Å². The Morgan fingerprint density at radius 1 is 1.14 bits per heavy atom. The van der Waals surface area contributed by atoms with Crippen LogP contribution in [0.25, 0.3) is 11.3 Å². The average Bonchev–Trinajstić information content (AvgIpc) is 2.83. The third-order valence-electron chi connectivity index (χ3n) is 4.08. The molecule has 0 spiro atoms. The largest absolute Gasteiger partial charge is 0.491 e. The van der Waals surface area contributed by atoms with Gasteiger partial charge in [-0.3, -0.25) is 0 Å². The van der Waals surface area contributed by atoms with Gasteiger partial charge in [-0.05, 0) is 40.1 Å². The summed E-state index contributed by atoms with van der Waals surface area (Å²) in [7, 11) is -1.12. The van der Waals surface area contributed by atoms with E-state index in [-0.39, 0.29) is 0 Å². The monoisotopic (exact) mass is 303 g/mol. The van der Waals surface area contributed by atoms with Gasteiger partial charge >= 0.3 is 7.12 Å². The third kappa shape index (κ3) is 3.40. The van der Waals surface area contributed by atoms with Gasteiger partial charge in [0.05, 0.1) is 16.9 Å². The summed E-state index contributed by atoms with van der Waals surface area (Å²) < 4.78 is 11.0. The van der Waals surface area contributed by atoms with Gasteiger partial charge in [-0.2, -0.15) is 0 Å². The Labute approximate surface area is 131 Å². The van der Waals surface area contributed by atoms with E-state index in [2.05, 4.69) is 4.98 Å². The Hall–Kier alpha value is -1.63. The summed E-state index contributed by atoms with van der Waals surface area (Å²) in [5, 5.41) is 20.3. The second kappa shape index (κ2) is 5.87. The molecule has 2 rings (SSSR count). The average molecular weight is 303 g/mol. The normalized spacial score (nSPS) is 12.5. The van der Waals surface area contributed by atoms with Crippen LogP contribution in [0.3, 0.4) is 0 Å². The predicted octanol–water partition coefficient (Wildman–Crippen LogP) is 1.90. The maximum atomic E-state index is 10.2. The first kappa shape index (κ1) is 16.7. The molecule has 1 aromatic carbocycles.